The van der Waals surface area contributed by atoms with Gasteiger partial charge in [-0.2, -0.15) is 4.98 Å². The molecule has 1 fully saturated rings. The van der Waals surface area contributed by atoms with Crippen molar-refractivity contribution >= 4 is 22.7 Å². The molecule has 1 aliphatic rings. The Bertz CT molecular complexity index is 906. The van der Waals surface area contributed by atoms with Crippen molar-refractivity contribution in [1.29, 1.82) is 0 Å². The summed E-state index contributed by atoms with van der Waals surface area (Å²) >= 11 is 0. The van der Waals surface area contributed by atoms with Gasteiger partial charge in [-0.15, -0.1) is 0 Å². The predicted molar refractivity (Wildman–Crippen MR) is 111 cm³/mol. The van der Waals surface area contributed by atoms with Crippen molar-refractivity contribution in [2.75, 3.05) is 24.3 Å². The molecule has 0 atom stereocenters. The molecule has 0 unspecified atom stereocenters. The van der Waals surface area contributed by atoms with Gasteiger partial charge in [0, 0.05) is 18.0 Å². The molecule has 0 amide bonds. The van der Waals surface area contributed by atoms with Crippen LogP contribution in [0.5, 0.6) is 5.75 Å². The summed E-state index contributed by atoms with van der Waals surface area (Å²) in [6, 6.07) is 16.9. The molecule has 0 bridgehead atoms. The Hall–Kier alpha value is -2.82. The van der Waals surface area contributed by atoms with E-state index in [-0.39, 0.29) is 0 Å². The number of benzene rings is 2. The fraction of sp³-hybridized carbons (Fsp3) is 0.364. The summed E-state index contributed by atoms with van der Waals surface area (Å²) in [6.07, 6.45) is 5.92. The largest absolute Gasteiger partial charge is 0.497 e. The van der Waals surface area contributed by atoms with Crippen molar-refractivity contribution in [3.63, 3.8) is 0 Å². The molecule has 1 saturated carbocycles. The van der Waals surface area contributed by atoms with E-state index in [0.29, 0.717) is 12.0 Å². The molecular formula is C22H26N4O. The van der Waals surface area contributed by atoms with Gasteiger partial charge in [0.1, 0.15) is 11.6 Å². The number of anilines is 2. The Morgan fingerprint density at radius 1 is 1.04 bits per heavy atom. The van der Waals surface area contributed by atoms with Crippen molar-refractivity contribution in [2.45, 2.75) is 38.1 Å². The van der Waals surface area contributed by atoms with E-state index in [2.05, 4.69) is 33.8 Å². The van der Waals surface area contributed by atoms with Crippen LogP contribution in [0, 0.1) is 0 Å². The second-order valence-electron chi connectivity index (χ2n) is 7.07. The van der Waals surface area contributed by atoms with Gasteiger partial charge in [-0.25, -0.2) is 4.98 Å². The first kappa shape index (κ1) is 17.6. The fourth-order valence-corrected chi connectivity index (χ4v) is 3.68. The maximum Gasteiger partial charge on any atom is 0.225 e. The summed E-state index contributed by atoms with van der Waals surface area (Å²) in [7, 11) is 1.69. The Balaban J connectivity index is 1.49. The highest BCUT2D eigenvalue weighted by Gasteiger charge is 2.17. The quantitative estimate of drug-likeness (QED) is 0.641. The molecule has 27 heavy (non-hydrogen) atoms. The molecular weight excluding hydrogens is 336 g/mol. The topological polar surface area (TPSA) is 59.1 Å². The average molecular weight is 362 g/mol. The van der Waals surface area contributed by atoms with E-state index < -0.39 is 0 Å². The molecule has 3 aromatic rings. The van der Waals surface area contributed by atoms with Crippen LogP contribution < -0.4 is 15.4 Å². The minimum atomic E-state index is 0.521. The molecule has 5 heteroatoms. The summed E-state index contributed by atoms with van der Waals surface area (Å²) in [5.41, 5.74) is 2.20. The maximum absolute atomic E-state index is 5.29. The third-order valence-electron chi connectivity index (χ3n) is 5.13. The molecule has 1 aromatic heterocycles. The van der Waals surface area contributed by atoms with Gasteiger partial charge < -0.3 is 15.4 Å². The van der Waals surface area contributed by atoms with Crippen LogP contribution in [0.15, 0.2) is 48.5 Å². The zero-order chi connectivity index (χ0) is 18.5. The second kappa shape index (κ2) is 8.25. The standard InChI is InChI=1S/C22H26N4O/c1-27-18-10-6-7-16(15-18)13-14-23-22-25-20-12-5-4-11-19(20)21(26-22)24-17-8-2-3-9-17/h4-7,10-12,15,17H,2-3,8-9,13-14H2,1H3,(H2,23,24,25,26). The molecule has 2 aromatic carbocycles. The average Bonchev–Trinajstić information content (AvgIpc) is 3.21. The zero-order valence-corrected chi connectivity index (χ0v) is 15.7. The first-order chi connectivity index (χ1) is 13.3. The molecule has 0 spiro atoms. The lowest BCUT2D eigenvalue weighted by molar-refractivity contribution is 0.414. The first-order valence-corrected chi connectivity index (χ1v) is 9.72. The smallest absolute Gasteiger partial charge is 0.225 e. The van der Waals surface area contributed by atoms with E-state index >= 15 is 0 Å². The van der Waals surface area contributed by atoms with Gasteiger partial charge in [0.05, 0.1) is 12.6 Å². The number of ether oxygens (including phenoxy) is 1. The van der Waals surface area contributed by atoms with Crippen molar-refractivity contribution in [1.82, 2.24) is 9.97 Å². The van der Waals surface area contributed by atoms with Crippen molar-refractivity contribution in [2.24, 2.45) is 0 Å². The zero-order valence-electron chi connectivity index (χ0n) is 15.7. The SMILES string of the molecule is COc1cccc(CCNc2nc(NC3CCCC3)c3ccccc3n2)c1. The number of aromatic nitrogens is 2. The molecule has 0 aliphatic heterocycles. The van der Waals surface area contributed by atoms with Crippen molar-refractivity contribution in [3.8, 4) is 5.75 Å². The highest BCUT2D eigenvalue weighted by atomic mass is 16.5. The van der Waals surface area contributed by atoms with Gasteiger partial charge in [-0.1, -0.05) is 37.1 Å². The fourth-order valence-electron chi connectivity index (χ4n) is 3.68. The van der Waals surface area contributed by atoms with Gasteiger partial charge in [0.2, 0.25) is 5.95 Å². The lowest BCUT2D eigenvalue weighted by Crippen LogP contribution is -2.17. The summed E-state index contributed by atoms with van der Waals surface area (Å²) < 4.78 is 5.29. The van der Waals surface area contributed by atoms with Crippen LogP contribution >= 0.6 is 0 Å². The Kier molecular flexibility index (Phi) is 5.37. The second-order valence-corrected chi connectivity index (χ2v) is 7.07. The highest BCUT2D eigenvalue weighted by Crippen LogP contribution is 2.27. The van der Waals surface area contributed by atoms with E-state index in [9.17, 15) is 0 Å². The number of hydrogen-bond acceptors (Lipinski definition) is 5. The molecule has 1 heterocycles. The number of fused-ring (bicyclic) bond motifs is 1. The lowest BCUT2D eigenvalue weighted by Gasteiger charge is -2.16. The van der Waals surface area contributed by atoms with E-state index in [1.54, 1.807) is 7.11 Å². The predicted octanol–water partition coefficient (Wildman–Crippen LogP) is 4.65. The number of nitrogens with zero attached hydrogens (tertiary/aromatic N) is 2. The van der Waals surface area contributed by atoms with Crippen LogP contribution in [0.2, 0.25) is 0 Å². The Morgan fingerprint density at radius 3 is 2.74 bits per heavy atom. The third kappa shape index (κ3) is 4.30. The number of rotatable bonds is 7. The summed E-state index contributed by atoms with van der Waals surface area (Å²) in [4.78, 5) is 9.46. The third-order valence-corrected chi connectivity index (χ3v) is 5.13. The Labute approximate surface area is 160 Å². The minimum Gasteiger partial charge on any atom is -0.497 e. The first-order valence-electron chi connectivity index (χ1n) is 9.72. The summed E-state index contributed by atoms with van der Waals surface area (Å²) in [5, 5.41) is 8.11. The van der Waals surface area contributed by atoms with E-state index in [1.165, 1.54) is 31.2 Å². The van der Waals surface area contributed by atoms with Gasteiger partial charge in [0.15, 0.2) is 0 Å². The Morgan fingerprint density at radius 2 is 1.89 bits per heavy atom. The van der Waals surface area contributed by atoms with E-state index in [0.717, 1.165) is 35.4 Å². The number of nitrogens with one attached hydrogen (secondary N) is 2. The lowest BCUT2D eigenvalue weighted by atomic mass is 10.1. The number of methoxy groups -OCH3 is 1. The van der Waals surface area contributed by atoms with Crippen molar-refractivity contribution in [3.05, 3.63) is 54.1 Å². The number of para-hydroxylation sites is 1. The summed E-state index contributed by atoms with van der Waals surface area (Å²) in [6.45, 7) is 0.772. The van der Waals surface area contributed by atoms with Crippen LogP contribution in [0.25, 0.3) is 10.9 Å². The molecule has 4 rings (SSSR count). The molecule has 0 saturated heterocycles. The van der Waals surface area contributed by atoms with E-state index in [4.69, 9.17) is 9.72 Å². The molecule has 1 aliphatic carbocycles. The van der Waals surface area contributed by atoms with Gasteiger partial charge in [0.25, 0.3) is 0 Å². The van der Waals surface area contributed by atoms with Crippen LogP contribution in [0.1, 0.15) is 31.2 Å². The molecule has 140 valence electrons. The summed E-state index contributed by atoms with van der Waals surface area (Å²) in [5.74, 6) is 2.51. The van der Waals surface area contributed by atoms with Crippen LogP contribution in [-0.4, -0.2) is 29.7 Å². The van der Waals surface area contributed by atoms with Gasteiger partial charge in [-0.05, 0) is 49.1 Å². The molecule has 0 radical (unpaired) electrons. The molecule has 2 N–H and O–H groups in total. The van der Waals surface area contributed by atoms with Gasteiger partial charge in [-0.3, -0.25) is 0 Å². The van der Waals surface area contributed by atoms with E-state index in [1.807, 2.05) is 30.3 Å². The van der Waals surface area contributed by atoms with Crippen molar-refractivity contribution < 1.29 is 4.74 Å². The monoisotopic (exact) mass is 362 g/mol. The maximum atomic E-state index is 5.29. The van der Waals surface area contributed by atoms with Crippen LogP contribution in [0.3, 0.4) is 0 Å². The molecule has 5 nitrogen and oxygen atoms in total. The van der Waals surface area contributed by atoms with Crippen LogP contribution in [0.4, 0.5) is 11.8 Å². The van der Waals surface area contributed by atoms with Gasteiger partial charge >= 0.3 is 0 Å². The van der Waals surface area contributed by atoms with Crippen LogP contribution in [-0.2, 0) is 6.42 Å². The number of hydrogen-bond donors (Lipinski definition) is 2. The highest BCUT2D eigenvalue weighted by molar-refractivity contribution is 5.90. The minimum absolute atomic E-state index is 0.521. The normalized spacial score (nSPS) is 14.4.